The fourth-order valence-electron chi connectivity index (χ4n) is 4.64. The highest BCUT2D eigenvalue weighted by atomic mass is 35.5. The highest BCUT2D eigenvalue weighted by molar-refractivity contribution is 6.30. The molecule has 7 heteroatoms. The van der Waals surface area contributed by atoms with E-state index in [9.17, 15) is 13.9 Å². The molecule has 0 spiro atoms. The Morgan fingerprint density at radius 2 is 1.29 bits per heavy atom. The van der Waals surface area contributed by atoms with E-state index < -0.39 is 24.3 Å². The van der Waals surface area contributed by atoms with Crippen molar-refractivity contribution in [2.75, 3.05) is 0 Å². The van der Waals surface area contributed by atoms with Crippen molar-refractivity contribution in [2.24, 2.45) is 0 Å². The number of nitrogens with zero attached hydrogens (tertiary/aromatic N) is 3. The highest BCUT2D eigenvalue weighted by Gasteiger charge is 2.42. The Bertz CT molecular complexity index is 1330. The van der Waals surface area contributed by atoms with Crippen molar-refractivity contribution in [3.63, 3.8) is 0 Å². The summed E-state index contributed by atoms with van der Waals surface area (Å²) in [5.74, 6) is 0. The minimum atomic E-state index is -2.88. The van der Waals surface area contributed by atoms with E-state index in [4.69, 9.17) is 11.6 Å². The molecule has 2 heterocycles. The minimum absolute atomic E-state index is 0.0622. The molecule has 5 rings (SSSR count). The molecule has 0 amide bonds. The fraction of sp³-hybridized carbons (Fsp3) is 0.111. The molecule has 0 bridgehead atoms. The Balaban J connectivity index is 2.02. The zero-order valence-electron chi connectivity index (χ0n) is 17.9. The number of pyridine rings is 1. The third-order valence-electron chi connectivity index (χ3n) is 5.98. The second-order valence-corrected chi connectivity index (χ2v) is 8.24. The Labute approximate surface area is 200 Å². The maximum Gasteiger partial charge on any atom is 0.282 e. The van der Waals surface area contributed by atoms with Crippen LogP contribution in [0.25, 0.3) is 10.9 Å². The number of hydrogen-bond donors (Lipinski definition) is 1. The van der Waals surface area contributed by atoms with E-state index in [0.717, 1.165) is 16.7 Å². The van der Waals surface area contributed by atoms with Gasteiger partial charge < -0.3 is 5.11 Å². The number of alkyl halides is 2. The van der Waals surface area contributed by atoms with E-state index in [1.54, 1.807) is 4.68 Å². The van der Waals surface area contributed by atoms with Gasteiger partial charge in [-0.05, 0) is 16.7 Å². The Morgan fingerprint density at radius 3 is 1.71 bits per heavy atom. The summed E-state index contributed by atoms with van der Waals surface area (Å²) in [6.45, 7) is -0.544. The molecule has 0 aliphatic heterocycles. The third kappa shape index (κ3) is 3.47. The molecule has 1 N–H and O–H groups in total. The van der Waals surface area contributed by atoms with Crippen LogP contribution in [0.4, 0.5) is 8.78 Å². The molecule has 0 aliphatic rings. The predicted molar refractivity (Wildman–Crippen MR) is 128 cm³/mol. The molecule has 0 saturated heterocycles. The maximum atomic E-state index is 14.3. The van der Waals surface area contributed by atoms with Crippen LogP contribution in [0, 0.1) is 0 Å². The smallest absolute Gasteiger partial charge is 0.282 e. The molecule has 2 aromatic heterocycles. The van der Waals surface area contributed by atoms with Crippen LogP contribution in [0.1, 0.15) is 34.5 Å². The van der Waals surface area contributed by atoms with Crippen LogP contribution in [0.5, 0.6) is 0 Å². The van der Waals surface area contributed by atoms with Crippen molar-refractivity contribution < 1.29 is 13.9 Å². The van der Waals surface area contributed by atoms with Crippen molar-refractivity contribution in [1.82, 2.24) is 14.8 Å². The Kier molecular flexibility index (Phi) is 5.86. The molecule has 0 fully saturated rings. The van der Waals surface area contributed by atoms with Crippen LogP contribution < -0.4 is 0 Å². The van der Waals surface area contributed by atoms with E-state index >= 15 is 0 Å². The first-order valence-electron chi connectivity index (χ1n) is 10.7. The summed E-state index contributed by atoms with van der Waals surface area (Å²) < 4.78 is 30.2. The summed E-state index contributed by atoms with van der Waals surface area (Å²) in [5.41, 5.74) is 1.36. The van der Waals surface area contributed by atoms with Gasteiger partial charge in [0.25, 0.3) is 6.43 Å². The van der Waals surface area contributed by atoms with Gasteiger partial charge in [0.15, 0.2) is 0 Å². The van der Waals surface area contributed by atoms with Gasteiger partial charge in [0.1, 0.15) is 16.4 Å². The molecule has 0 atom stereocenters. The number of benzene rings is 3. The van der Waals surface area contributed by atoms with Crippen LogP contribution in [0.2, 0.25) is 5.15 Å². The molecule has 4 nitrogen and oxygen atoms in total. The SMILES string of the molecule is OCc1nc(Cl)cc2c1c(C(F)F)nn2C(c1ccccc1)(c1ccccc1)c1ccccc1. The largest absolute Gasteiger partial charge is 0.390 e. The fourth-order valence-corrected chi connectivity index (χ4v) is 4.84. The first kappa shape index (κ1) is 22.2. The van der Waals surface area contributed by atoms with Crippen LogP contribution in [-0.4, -0.2) is 19.9 Å². The standard InChI is InChI=1S/C27H20ClF2N3O/c28-23-16-22-24(21(17-34)31-23)25(26(29)30)32-33(22)27(18-10-4-1-5-11-18,19-12-6-2-7-13-19)20-14-8-3-9-15-20/h1-16,26,34H,17H2. The molecule has 0 unspecified atom stereocenters. The average Bonchev–Trinajstić information content (AvgIpc) is 3.26. The zero-order chi connectivity index (χ0) is 23.7. The van der Waals surface area contributed by atoms with Crippen LogP contribution in [0.3, 0.4) is 0 Å². The molecule has 0 saturated carbocycles. The lowest BCUT2D eigenvalue weighted by Crippen LogP contribution is -2.38. The number of hydrogen-bond acceptors (Lipinski definition) is 3. The van der Waals surface area contributed by atoms with E-state index in [0.29, 0.717) is 5.52 Å². The summed E-state index contributed by atoms with van der Waals surface area (Å²) in [6.07, 6.45) is -2.88. The lowest BCUT2D eigenvalue weighted by atomic mass is 9.77. The molecule has 5 aromatic rings. The average molecular weight is 476 g/mol. The number of fused-ring (bicyclic) bond motifs is 1. The molecule has 34 heavy (non-hydrogen) atoms. The summed E-state index contributed by atoms with van der Waals surface area (Å²) in [6, 6.07) is 30.4. The van der Waals surface area contributed by atoms with Gasteiger partial charge in [-0.25, -0.2) is 18.4 Å². The summed E-state index contributed by atoms with van der Waals surface area (Å²) in [4.78, 5) is 4.11. The summed E-state index contributed by atoms with van der Waals surface area (Å²) in [7, 11) is 0. The molecule has 3 aromatic carbocycles. The highest BCUT2D eigenvalue weighted by Crippen LogP contribution is 2.44. The normalized spacial score (nSPS) is 11.9. The summed E-state index contributed by atoms with van der Waals surface area (Å²) >= 11 is 6.30. The number of aromatic nitrogens is 3. The first-order valence-corrected chi connectivity index (χ1v) is 11.1. The number of aliphatic hydroxyl groups excluding tert-OH is 1. The molecular formula is C27H20ClF2N3O. The van der Waals surface area contributed by atoms with Gasteiger partial charge in [-0.1, -0.05) is 103 Å². The van der Waals surface area contributed by atoms with Gasteiger partial charge in [-0.15, -0.1) is 0 Å². The van der Waals surface area contributed by atoms with Crippen molar-refractivity contribution in [3.8, 4) is 0 Å². The maximum absolute atomic E-state index is 14.3. The van der Waals surface area contributed by atoms with E-state index in [2.05, 4.69) is 10.1 Å². The van der Waals surface area contributed by atoms with E-state index in [-0.39, 0.29) is 16.2 Å². The quantitative estimate of drug-likeness (QED) is 0.230. The van der Waals surface area contributed by atoms with Gasteiger partial charge in [0.05, 0.1) is 23.2 Å². The van der Waals surface area contributed by atoms with Gasteiger partial charge in [-0.3, -0.25) is 0 Å². The van der Waals surface area contributed by atoms with Gasteiger partial charge in [0.2, 0.25) is 0 Å². The number of halogens is 3. The van der Waals surface area contributed by atoms with Gasteiger partial charge in [0, 0.05) is 6.07 Å². The number of aliphatic hydroxyl groups is 1. The lowest BCUT2D eigenvalue weighted by molar-refractivity contribution is 0.145. The number of rotatable bonds is 6. The third-order valence-corrected chi connectivity index (χ3v) is 6.18. The van der Waals surface area contributed by atoms with Crippen LogP contribution >= 0.6 is 11.6 Å². The van der Waals surface area contributed by atoms with Crippen molar-refractivity contribution >= 4 is 22.5 Å². The first-order chi connectivity index (χ1) is 16.6. The van der Waals surface area contributed by atoms with E-state index in [1.807, 2.05) is 91.0 Å². The monoisotopic (exact) mass is 475 g/mol. The molecule has 0 radical (unpaired) electrons. The van der Waals surface area contributed by atoms with Crippen LogP contribution in [-0.2, 0) is 12.1 Å². The lowest BCUT2D eigenvalue weighted by Gasteiger charge is -2.37. The summed E-state index contributed by atoms with van der Waals surface area (Å²) in [5, 5.41) is 14.6. The van der Waals surface area contributed by atoms with Gasteiger partial charge >= 0.3 is 0 Å². The van der Waals surface area contributed by atoms with Crippen LogP contribution in [0.15, 0.2) is 97.1 Å². The zero-order valence-corrected chi connectivity index (χ0v) is 18.7. The molecule has 170 valence electrons. The van der Waals surface area contributed by atoms with Crippen molar-refractivity contribution in [2.45, 2.75) is 18.6 Å². The minimum Gasteiger partial charge on any atom is -0.390 e. The second kappa shape index (κ2) is 8.97. The molecule has 0 aliphatic carbocycles. The Hall–Kier alpha value is -3.61. The topological polar surface area (TPSA) is 50.9 Å². The van der Waals surface area contributed by atoms with Crippen molar-refractivity contribution in [1.29, 1.82) is 0 Å². The van der Waals surface area contributed by atoms with E-state index in [1.165, 1.54) is 6.07 Å². The second-order valence-electron chi connectivity index (χ2n) is 7.85. The molecular weight excluding hydrogens is 456 g/mol. The predicted octanol–water partition coefficient (Wildman–Crippen LogP) is 6.35. The Morgan fingerprint density at radius 1 is 0.824 bits per heavy atom. The van der Waals surface area contributed by atoms with Crippen molar-refractivity contribution in [3.05, 3.63) is 130 Å². The van der Waals surface area contributed by atoms with Gasteiger partial charge in [-0.2, -0.15) is 5.10 Å².